The van der Waals surface area contributed by atoms with Crippen LogP contribution in [0.5, 0.6) is 0 Å². The van der Waals surface area contributed by atoms with Crippen molar-refractivity contribution in [3.8, 4) is 0 Å². The monoisotopic (exact) mass is 341 g/mol. The van der Waals surface area contributed by atoms with E-state index < -0.39 is 36.1 Å². The molecule has 0 radical (unpaired) electrons. The van der Waals surface area contributed by atoms with Crippen LogP contribution in [0.25, 0.3) is 10.9 Å². The van der Waals surface area contributed by atoms with E-state index in [1.54, 1.807) is 6.92 Å². The highest BCUT2D eigenvalue weighted by atomic mass is 19.2. The van der Waals surface area contributed by atoms with Gasteiger partial charge in [0.2, 0.25) is 5.43 Å². The number of aromatic nitrogens is 1. The van der Waals surface area contributed by atoms with Crippen LogP contribution in [-0.4, -0.2) is 18.0 Å². The molecule has 0 amide bonds. The smallest absolute Gasteiger partial charge is 0.474 e. The summed E-state index contributed by atoms with van der Waals surface area (Å²) in [5.41, 5.74) is -1.37. The Kier molecular flexibility index (Phi) is 4.10. The summed E-state index contributed by atoms with van der Waals surface area (Å²) in [7, 11) is -3.38. The van der Waals surface area contributed by atoms with Gasteiger partial charge in [0.05, 0.1) is 5.52 Å². The molecule has 0 atom stereocenters. The molecule has 1 saturated carbocycles. The van der Waals surface area contributed by atoms with Crippen LogP contribution in [0.15, 0.2) is 17.1 Å². The van der Waals surface area contributed by atoms with Gasteiger partial charge >= 0.3 is 13.4 Å². The number of carbonyl (C=O) groups excluding carboxylic acids is 1. The van der Waals surface area contributed by atoms with Gasteiger partial charge in [-0.2, -0.15) is 0 Å². The predicted octanol–water partition coefficient (Wildman–Crippen LogP) is 3.26. The first-order valence-electron chi connectivity index (χ1n) is 7.40. The summed E-state index contributed by atoms with van der Waals surface area (Å²) in [6, 6.07) is 0.603. The average molecular weight is 341 g/mol. The number of aryl methyl sites for hydroxylation is 1. The van der Waals surface area contributed by atoms with Crippen molar-refractivity contribution >= 4 is 24.3 Å². The van der Waals surface area contributed by atoms with E-state index in [2.05, 4.69) is 4.65 Å². The molecule has 1 heterocycles. The first kappa shape index (κ1) is 16.5. The highest BCUT2D eigenvalue weighted by molar-refractivity contribution is 6.38. The fraction of sp³-hybridized carbons (Fsp3) is 0.333. The Morgan fingerprint density at radius 2 is 2.04 bits per heavy atom. The molecule has 0 saturated heterocycles. The first-order valence-corrected chi connectivity index (χ1v) is 7.40. The molecule has 2 aromatic rings. The molecule has 1 aromatic heterocycles. The molecule has 0 spiro atoms. The Bertz CT molecular complexity index is 893. The van der Waals surface area contributed by atoms with Gasteiger partial charge < -0.3 is 9.22 Å². The third kappa shape index (κ3) is 2.68. The molecular formula is C15H12BF4NO3. The predicted molar refractivity (Wildman–Crippen MR) is 79.2 cm³/mol. The number of halogens is 4. The van der Waals surface area contributed by atoms with Gasteiger partial charge in [-0.1, -0.05) is 6.92 Å². The van der Waals surface area contributed by atoms with Crippen LogP contribution in [0, 0.1) is 11.6 Å². The topological polar surface area (TPSA) is 48.3 Å². The molecule has 1 aliphatic carbocycles. The molecule has 1 aliphatic rings. The molecular weight excluding hydrogens is 329 g/mol. The Morgan fingerprint density at radius 3 is 2.58 bits per heavy atom. The zero-order chi connectivity index (χ0) is 17.6. The van der Waals surface area contributed by atoms with Crippen LogP contribution in [0.3, 0.4) is 0 Å². The van der Waals surface area contributed by atoms with Crippen LogP contribution >= 0.6 is 0 Å². The standard InChI is InChI=1S/C15H12BF4NO3/c1-2-8-12(18)11(17)5-9-13(8)21(7-3-4-7)6-10(14(9)22)15(23)24-16(19)20/h5-7H,2-4H2,1H3. The van der Waals surface area contributed by atoms with E-state index in [0.29, 0.717) is 6.07 Å². The van der Waals surface area contributed by atoms with Crippen molar-refractivity contribution in [1.82, 2.24) is 4.57 Å². The maximum Gasteiger partial charge on any atom is 0.798 e. The average Bonchev–Trinajstić information content (AvgIpc) is 3.34. The number of carbonyl (C=O) groups is 1. The van der Waals surface area contributed by atoms with E-state index in [9.17, 15) is 27.0 Å². The minimum Gasteiger partial charge on any atom is -0.474 e. The number of rotatable bonds is 4. The third-order valence-electron chi connectivity index (χ3n) is 4.01. The molecule has 0 unspecified atom stereocenters. The summed E-state index contributed by atoms with van der Waals surface area (Å²) in [5, 5.41) is -0.221. The normalized spacial score (nSPS) is 14.0. The minimum atomic E-state index is -3.38. The Hall–Kier alpha value is -2.32. The van der Waals surface area contributed by atoms with Crippen molar-refractivity contribution in [2.45, 2.75) is 32.2 Å². The molecule has 0 aliphatic heterocycles. The second-order valence-electron chi connectivity index (χ2n) is 5.58. The molecule has 4 nitrogen and oxygen atoms in total. The van der Waals surface area contributed by atoms with E-state index in [4.69, 9.17) is 0 Å². The van der Waals surface area contributed by atoms with Gasteiger partial charge in [0.15, 0.2) is 11.6 Å². The highest BCUT2D eigenvalue weighted by Gasteiger charge is 2.31. The van der Waals surface area contributed by atoms with Crippen molar-refractivity contribution in [2.24, 2.45) is 0 Å². The second kappa shape index (κ2) is 5.96. The SMILES string of the molecule is CCc1c(F)c(F)cc2c(=O)c(C(=O)OB(F)F)cn(C3CC3)c12. The summed E-state index contributed by atoms with van der Waals surface area (Å²) >= 11 is 0. The maximum atomic E-state index is 14.1. The van der Waals surface area contributed by atoms with E-state index in [1.165, 1.54) is 4.57 Å². The van der Waals surface area contributed by atoms with E-state index in [1.807, 2.05) is 0 Å². The number of nitrogens with zero attached hydrogens (tertiary/aromatic N) is 1. The quantitative estimate of drug-likeness (QED) is 0.634. The van der Waals surface area contributed by atoms with Gasteiger partial charge in [-0.05, 0) is 25.3 Å². The Labute approximate surface area is 134 Å². The molecule has 9 heteroatoms. The van der Waals surface area contributed by atoms with Gasteiger partial charge in [-0.25, -0.2) is 22.2 Å². The van der Waals surface area contributed by atoms with Crippen LogP contribution in [0.1, 0.15) is 41.7 Å². The van der Waals surface area contributed by atoms with Gasteiger partial charge in [0.25, 0.3) is 0 Å². The van der Waals surface area contributed by atoms with E-state index in [-0.39, 0.29) is 28.9 Å². The summed E-state index contributed by atoms with van der Waals surface area (Å²) in [6.45, 7) is 1.61. The van der Waals surface area contributed by atoms with E-state index >= 15 is 0 Å². The lowest BCUT2D eigenvalue weighted by molar-refractivity contribution is 0.0693. The molecule has 3 rings (SSSR count). The molecule has 0 bridgehead atoms. The van der Waals surface area contributed by atoms with Crippen molar-refractivity contribution in [3.05, 3.63) is 45.2 Å². The van der Waals surface area contributed by atoms with Crippen LogP contribution < -0.4 is 5.43 Å². The lowest BCUT2D eigenvalue weighted by atomic mass is 10.0. The summed E-state index contributed by atoms with van der Waals surface area (Å²) in [5.74, 6) is -3.77. The van der Waals surface area contributed by atoms with Crippen molar-refractivity contribution < 1.29 is 26.9 Å². The fourth-order valence-electron chi connectivity index (χ4n) is 2.80. The summed E-state index contributed by atoms with van der Waals surface area (Å²) in [4.78, 5) is 24.2. The largest absolute Gasteiger partial charge is 0.798 e. The fourth-order valence-corrected chi connectivity index (χ4v) is 2.80. The first-order chi connectivity index (χ1) is 11.3. The van der Waals surface area contributed by atoms with Crippen LogP contribution in [-0.2, 0) is 11.1 Å². The molecule has 1 aromatic carbocycles. The number of pyridine rings is 1. The van der Waals surface area contributed by atoms with Gasteiger partial charge in [0.1, 0.15) is 5.56 Å². The Morgan fingerprint density at radius 1 is 1.38 bits per heavy atom. The minimum absolute atomic E-state index is 0.0165. The highest BCUT2D eigenvalue weighted by Crippen LogP contribution is 2.38. The van der Waals surface area contributed by atoms with Crippen LogP contribution in [0.4, 0.5) is 17.4 Å². The van der Waals surface area contributed by atoms with Gasteiger partial charge in [0, 0.05) is 23.2 Å². The van der Waals surface area contributed by atoms with Crippen molar-refractivity contribution in [2.75, 3.05) is 0 Å². The molecule has 24 heavy (non-hydrogen) atoms. The van der Waals surface area contributed by atoms with Crippen LogP contribution in [0.2, 0.25) is 0 Å². The van der Waals surface area contributed by atoms with E-state index in [0.717, 1.165) is 19.0 Å². The number of benzene rings is 1. The molecule has 0 N–H and O–H groups in total. The molecule has 126 valence electrons. The molecule has 1 fully saturated rings. The summed E-state index contributed by atoms with van der Waals surface area (Å²) in [6.07, 6.45) is 2.68. The Balaban J connectivity index is 2.35. The van der Waals surface area contributed by atoms with Gasteiger partial charge in [-0.15, -0.1) is 0 Å². The number of hydrogen-bond acceptors (Lipinski definition) is 3. The zero-order valence-electron chi connectivity index (χ0n) is 12.6. The number of fused-ring (bicyclic) bond motifs is 1. The lowest BCUT2D eigenvalue weighted by Gasteiger charge is -2.16. The maximum absolute atomic E-state index is 14.1. The second-order valence-corrected chi connectivity index (χ2v) is 5.58. The summed E-state index contributed by atoms with van der Waals surface area (Å²) < 4.78 is 57.7. The van der Waals surface area contributed by atoms with Crippen molar-refractivity contribution in [1.29, 1.82) is 0 Å². The third-order valence-corrected chi connectivity index (χ3v) is 4.01. The number of hydrogen-bond donors (Lipinski definition) is 0. The van der Waals surface area contributed by atoms with Gasteiger partial charge in [-0.3, -0.25) is 4.79 Å². The van der Waals surface area contributed by atoms with Crippen molar-refractivity contribution in [3.63, 3.8) is 0 Å². The zero-order valence-corrected chi connectivity index (χ0v) is 12.6. The lowest BCUT2D eigenvalue weighted by Crippen LogP contribution is -2.24.